The van der Waals surface area contributed by atoms with Crippen LogP contribution >= 0.6 is 0 Å². The summed E-state index contributed by atoms with van der Waals surface area (Å²) in [5, 5.41) is 0. The van der Waals surface area contributed by atoms with Gasteiger partial charge in [-0.05, 0) is 117 Å². The summed E-state index contributed by atoms with van der Waals surface area (Å²) in [7, 11) is 0. The largest absolute Gasteiger partial charge is 0.266 e. The van der Waals surface area contributed by atoms with Crippen molar-refractivity contribution in [2.75, 3.05) is 0 Å². The van der Waals surface area contributed by atoms with Gasteiger partial charge in [0, 0.05) is 0 Å². The molecule has 4 rings (SSSR count). The molecule has 2 heteroatoms. The standard InChI is InChI=1S/C25H32F2/c1-2-3-17-4-6-21-15-23(10-8-19(21)12-17)24-11-9-20-13-18(14-25(26)27)5-7-22(20)16-24/h2-4,6,12,14,18,20,22-24H,5,7-11,13,15-16H2,1H3/t18-,20?,22-,23?,24?/m1/s1. The molecule has 0 amide bonds. The summed E-state index contributed by atoms with van der Waals surface area (Å²) in [5.74, 6) is 3.27. The molecule has 0 saturated heterocycles. The fraction of sp³-hybridized carbons (Fsp3) is 0.600. The second-order valence-electron chi connectivity index (χ2n) is 9.15. The van der Waals surface area contributed by atoms with Crippen molar-refractivity contribution in [1.29, 1.82) is 0 Å². The summed E-state index contributed by atoms with van der Waals surface area (Å²) in [6.45, 7) is 2.07. The molecule has 2 fully saturated rings. The van der Waals surface area contributed by atoms with E-state index < -0.39 is 6.08 Å². The average Bonchev–Trinajstić information content (AvgIpc) is 2.67. The van der Waals surface area contributed by atoms with E-state index in [-0.39, 0.29) is 5.92 Å². The molecule has 0 radical (unpaired) electrons. The van der Waals surface area contributed by atoms with Crippen LogP contribution in [0.3, 0.4) is 0 Å². The molecule has 1 aromatic rings. The normalized spacial score (nSPS) is 33.4. The highest BCUT2D eigenvalue weighted by Crippen LogP contribution is 2.48. The van der Waals surface area contributed by atoms with Crippen LogP contribution in [-0.2, 0) is 12.8 Å². The van der Waals surface area contributed by atoms with E-state index in [0.717, 1.165) is 37.0 Å². The minimum atomic E-state index is -1.48. The second-order valence-corrected chi connectivity index (χ2v) is 9.15. The predicted octanol–water partition coefficient (Wildman–Crippen LogP) is 7.44. The number of rotatable bonds is 3. The maximum atomic E-state index is 12.6. The molecule has 3 unspecified atom stereocenters. The molecule has 27 heavy (non-hydrogen) atoms. The van der Waals surface area contributed by atoms with Crippen LogP contribution in [0.15, 0.2) is 36.4 Å². The van der Waals surface area contributed by atoms with Crippen molar-refractivity contribution in [3.63, 3.8) is 0 Å². The number of hydrogen-bond donors (Lipinski definition) is 0. The second kappa shape index (κ2) is 8.29. The molecule has 0 aromatic heterocycles. The Labute approximate surface area is 162 Å². The quantitative estimate of drug-likeness (QED) is 0.519. The third-order valence-electron chi connectivity index (χ3n) is 7.58. The maximum absolute atomic E-state index is 12.6. The van der Waals surface area contributed by atoms with Crippen LogP contribution in [0, 0.1) is 29.6 Å². The summed E-state index contributed by atoms with van der Waals surface area (Å²) in [6.07, 6.45) is 14.9. The molecule has 5 atom stereocenters. The van der Waals surface area contributed by atoms with Crippen molar-refractivity contribution in [2.24, 2.45) is 29.6 Å². The van der Waals surface area contributed by atoms with Gasteiger partial charge in [0.2, 0.25) is 0 Å². The molecule has 0 aliphatic heterocycles. The van der Waals surface area contributed by atoms with E-state index in [4.69, 9.17) is 0 Å². The Hall–Kier alpha value is -1.44. The van der Waals surface area contributed by atoms with Crippen LogP contribution in [0.25, 0.3) is 6.08 Å². The first kappa shape index (κ1) is 18.9. The summed E-state index contributed by atoms with van der Waals surface area (Å²) in [5.41, 5.74) is 4.44. The van der Waals surface area contributed by atoms with Crippen molar-refractivity contribution in [1.82, 2.24) is 0 Å². The minimum absolute atomic E-state index is 0.126. The topological polar surface area (TPSA) is 0 Å². The van der Waals surface area contributed by atoms with E-state index in [2.05, 4.69) is 37.3 Å². The number of benzene rings is 1. The molecule has 0 heterocycles. The van der Waals surface area contributed by atoms with Crippen LogP contribution in [0.4, 0.5) is 8.78 Å². The van der Waals surface area contributed by atoms with E-state index in [1.165, 1.54) is 50.2 Å². The Balaban J connectivity index is 1.37. The van der Waals surface area contributed by atoms with Gasteiger partial charge in [-0.15, -0.1) is 0 Å². The Morgan fingerprint density at radius 1 is 0.889 bits per heavy atom. The summed E-state index contributed by atoms with van der Waals surface area (Å²) < 4.78 is 25.2. The van der Waals surface area contributed by atoms with Gasteiger partial charge in [-0.2, -0.15) is 8.78 Å². The van der Waals surface area contributed by atoms with Crippen LogP contribution in [-0.4, -0.2) is 0 Å². The lowest BCUT2D eigenvalue weighted by Gasteiger charge is -2.44. The van der Waals surface area contributed by atoms with Gasteiger partial charge in [-0.3, -0.25) is 0 Å². The Morgan fingerprint density at radius 3 is 2.41 bits per heavy atom. The van der Waals surface area contributed by atoms with Crippen LogP contribution < -0.4 is 0 Å². The van der Waals surface area contributed by atoms with E-state index >= 15 is 0 Å². The molecule has 0 nitrogen and oxygen atoms in total. The highest BCUT2D eigenvalue weighted by molar-refractivity contribution is 5.52. The molecular formula is C25H32F2. The van der Waals surface area contributed by atoms with E-state index in [0.29, 0.717) is 5.92 Å². The lowest BCUT2D eigenvalue weighted by molar-refractivity contribution is 0.0803. The van der Waals surface area contributed by atoms with E-state index in [1.54, 1.807) is 11.1 Å². The minimum Gasteiger partial charge on any atom is -0.174 e. The van der Waals surface area contributed by atoms with Gasteiger partial charge in [0.1, 0.15) is 0 Å². The first-order valence-electron chi connectivity index (χ1n) is 10.9. The van der Waals surface area contributed by atoms with Gasteiger partial charge in [0.25, 0.3) is 6.08 Å². The zero-order valence-corrected chi connectivity index (χ0v) is 16.5. The van der Waals surface area contributed by atoms with Gasteiger partial charge < -0.3 is 0 Å². The zero-order chi connectivity index (χ0) is 18.8. The van der Waals surface area contributed by atoms with Crippen LogP contribution in [0.5, 0.6) is 0 Å². The molecule has 1 aromatic carbocycles. The fourth-order valence-corrected chi connectivity index (χ4v) is 6.22. The van der Waals surface area contributed by atoms with Crippen molar-refractivity contribution in [3.05, 3.63) is 53.1 Å². The molecule has 3 aliphatic rings. The Bertz CT molecular complexity index is 713. The number of fused-ring (bicyclic) bond motifs is 2. The van der Waals surface area contributed by atoms with Gasteiger partial charge >= 0.3 is 0 Å². The SMILES string of the molecule is CC=Cc1ccc2c(c1)CCC(C1CCC3C[C@H](C=C(F)F)CC[C@@H]3C1)C2. The Kier molecular flexibility index (Phi) is 5.80. The van der Waals surface area contributed by atoms with Gasteiger partial charge in [0.15, 0.2) is 0 Å². The number of halogens is 2. The zero-order valence-electron chi connectivity index (χ0n) is 16.5. The van der Waals surface area contributed by atoms with Crippen molar-refractivity contribution in [2.45, 2.75) is 64.7 Å². The molecule has 3 aliphatic carbocycles. The molecule has 0 spiro atoms. The summed E-state index contributed by atoms with van der Waals surface area (Å²) in [6, 6.07) is 6.99. The monoisotopic (exact) mass is 370 g/mol. The summed E-state index contributed by atoms with van der Waals surface area (Å²) in [4.78, 5) is 0. The molecule has 146 valence electrons. The third-order valence-corrected chi connectivity index (χ3v) is 7.58. The first-order valence-corrected chi connectivity index (χ1v) is 10.9. The van der Waals surface area contributed by atoms with E-state index in [9.17, 15) is 8.78 Å². The number of allylic oxidation sites excluding steroid dienone is 2. The van der Waals surface area contributed by atoms with Crippen molar-refractivity contribution >= 4 is 6.08 Å². The lowest BCUT2D eigenvalue weighted by Crippen LogP contribution is -2.34. The maximum Gasteiger partial charge on any atom is 0.266 e. The molecular weight excluding hydrogens is 338 g/mol. The summed E-state index contributed by atoms with van der Waals surface area (Å²) >= 11 is 0. The first-order chi connectivity index (χ1) is 13.1. The highest BCUT2D eigenvalue weighted by atomic mass is 19.3. The van der Waals surface area contributed by atoms with Gasteiger partial charge in [0.05, 0.1) is 0 Å². The van der Waals surface area contributed by atoms with Crippen molar-refractivity contribution < 1.29 is 8.78 Å². The Morgan fingerprint density at radius 2 is 1.63 bits per heavy atom. The highest BCUT2D eigenvalue weighted by Gasteiger charge is 2.38. The van der Waals surface area contributed by atoms with Gasteiger partial charge in [-0.1, -0.05) is 30.4 Å². The smallest absolute Gasteiger partial charge is 0.174 e. The van der Waals surface area contributed by atoms with Crippen LogP contribution in [0.1, 0.15) is 68.6 Å². The van der Waals surface area contributed by atoms with Gasteiger partial charge in [-0.25, -0.2) is 0 Å². The van der Waals surface area contributed by atoms with E-state index in [1.807, 2.05) is 0 Å². The van der Waals surface area contributed by atoms with Crippen molar-refractivity contribution in [3.8, 4) is 0 Å². The third kappa shape index (κ3) is 4.36. The average molecular weight is 371 g/mol. The number of hydrogen-bond acceptors (Lipinski definition) is 0. The van der Waals surface area contributed by atoms with Crippen LogP contribution in [0.2, 0.25) is 0 Å². The molecule has 0 bridgehead atoms. The lowest BCUT2D eigenvalue weighted by atomic mass is 9.61. The predicted molar refractivity (Wildman–Crippen MR) is 109 cm³/mol. The fourth-order valence-electron chi connectivity index (χ4n) is 6.22. The molecule has 2 saturated carbocycles. The molecule has 0 N–H and O–H groups in total. The number of aryl methyl sites for hydroxylation is 1.